The average molecular weight is 476 g/mol. The number of aromatic nitrogens is 4. The van der Waals surface area contributed by atoms with Gasteiger partial charge in [-0.25, -0.2) is 4.98 Å². The average Bonchev–Trinajstić information content (AvgIpc) is 3.07. The number of hydrogen-bond donors (Lipinski definition) is 1. The molecule has 2 bridgehead atoms. The maximum absolute atomic E-state index is 14.3. The standard InChI is InChI=1S/C25H23F2N7O/c1-14-8-16(6-5-7-28)9-15(2)18(14)35-20-17-19(30-21(34(17)4)23(3,26)27)31-22(32-20)33-25-10-24(11-25,12-25)13-29/h5-6,8-9H,10-12H2,1-4H3,(H,31,32,33)/b6-5+. The summed E-state index contributed by atoms with van der Waals surface area (Å²) in [5.41, 5.74) is 2.26. The van der Waals surface area contributed by atoms with Crippen LogP contribution < -0.4 is 10.1 Å². The second kappa shape index (κ2) is 7.47. The number of allylic oxidation sites excluding steroid dienone is 1. The smallest absolute Gasteiger partial charge is 0.302 e. The quantitative estimate of drug-likeness (QED) is 0.483. The lowest BCUT2D eigenvalue weighted by Gasteiger charge is -2.66. The Bertz CT molecular complexity index is 1440. The molecule has 6 rings (SSSR count). The Morgan fingerprint density at radius 3 is 2.37 bits per heavy atom. The molecule has 0 atom stereocenters. The molecular weight excluding hydrogens is 452 g/mol. The van der Waals surface area contributed by atoms with Crippen molar-refractivity contribution in [3.63, 3.8) is 0 Å². The second-order valence-corrected chi connectivity index (χ2v) is 9.78. The largest absolute Gasteiger partial charge is 0.436 e. The highest BCUT2D eigenvalue weighted by Gasteiger charge is 2.69. The molecule has 3 fully saturated rings. The number of rotatable bonds is 6. The molecule has 0 spiro atoms. The van der Waals surface area contributed by atoms with Gasteiger partial charge in [-0.3, -0.25) is 0 Å². The van der Waals surface area contributed by atoms with Gasteiger partial charge in [0.1, 0.15) is 5.75 Å². The van der Waals surface area contributed by atoms with Gasteiger partial charge in [0, 0.05) is 25.6 Å². The summed E-state index contributed by atoms with van der Waals surface area (Å²) in [6, 6.07) is 8.06. The number of anilines is 1. The minimum absolute atomic E-state index is 0.0991. The van der Waals surface area contributed by atoms with E-state index in [0.29, 0.717) is 25.0 Å². The molecule has 3 saturated carbocycles. The molecule has 8 nitrogen and oxygen atoms in total. The van der Waals surface area contributed by atoms with Gasteiger partial charge in [0.2, 0.25) is 5.95 Å². The number of halogens is 2. The molecule has 0 radical (unpaired) electrons. The van der Waals surface area contributed by atoms with E-state index in [1.54, 1.807) is 6.08 Å². The van der Waals surface area contributed by atoms with Crippen LogP contribution in [0, 0.1) is 41.9 Å². The van der Waals surface area contributed by atoms with Gasteiger partial charge in [-0.1, -0.05) is 0 Å². The minimum Gasteiger partial charge on any atom is -0.436 e. The Kier molecular flexibility index (Phi) is 4.85. The van der Waals surface area contributed by atoms with Gasteiger partial charge in [0.25, 0.3) is 5.88 Å². The van der Waals surface area contributed by atoms with Crippen molar-refractivity contribution in [2.24, 2.45) is 12.5 Å². The van der Waals surface area contributed by atoms with Gasteiger partial charge >= 0.3 is 5.92 Å². The van der Waals surface area contributed by atoms with E-state index in [2.05, 4.69) is 26.3 Å². The molecule has 35 heavy (non-hydrogen) atoms. The first kappa shape index (κ1) is 22.7. The monoisotopic (exact) mass is 475 g/mol. The first-order valence-electron chi connectivity index (χ1n) is 11.2. The molecule has 3 aliphatic rings. The van der Waals surface area contributed by atoms with Crippen molar-refractivity contribution in [2.45, 2.75) is 51.5 Å². The second-order valence-electron chi connectivity index (χ2n) is 9.78. The highest BCUT2D eigenvalue weighted by Crippen LogP contribution is 2.67. The van der Waals surface area contributed by atoms with E-state index in [1.165, 1.54) is 17.7 Å². The van der Waals surface area contributed by atoms with Crippen molar-refractivity contribution < 1.29 is 13.5 Å². The lowest BCUT2D eigenvalue weighted by atomic mass is 9.40. The summed E-state index contributed by atoms with van der Waals surface area (Å²) in [6.45, 7) is 4.51. The summed E-state index contributed by atoms with van der Waals surface area (Å²) in [5, 5.41) is 21.4. The van der Waals surface area contributed by atoms with Crippen molar-refractivity contribution in [3.05, 3.63) is 40.7 Å². The fraction of sp³-hybridized carbons (Fsp3) is 0.400. The van der Waals surface area contributed by atoms with E-state index < -0.39 is 11.7 Å². The van der Waals surface area contributed by atoms with Crippen LogP contribution in [0.4, 0.5) is 14.7 Å². The van der Waals surface area contributed by atoms with Gasteiger partial charge in [0.05, 0.1) is 17.6 Å². The first-order chi connectivity index (χ1) is 16.5. The summed E-state index contributed by atoms with van der Waals surface area (Å²) in [5.74, 6) is -2.76. The van der Waals surface area contributed by atoms with Crippen LogP contribution in [-0.4, -0.2) is 25.1 Å². The zero-order valence-electron chi connectivity index (χ0n) is 19.8. The number of alkyl halides is 2. The molecule has 0 saturated heterocycles. The number of hydrogen-bond acceptors (Lipinski definition) is 7. The summed E-state index contributed by atoms with van der Waals surface area (Å²) < 4.78 is 36.0. The number of aryl methyl sites for hydroxylation is 3. The van der Waals surface area contributed by atoms with Crippen LogP contribution >= 0.6 is 0 Å². The third kappa shape index (κ3) is 3.66. The van der Waals surface area contributed by atoms with Crippen LogP contribution in [0.1, 0.15) is 48.7 Å². The number of nitrogens with one attached hydrogen (secondary N) is 1. The molecule has 2 heterocycles. The van der Waals surface area contributed by atoms with Crippen LogP contribution in [0.5, 0.6) is 11.6 Å². The van der Waals surface area contributed by atoms with Crippen LogP contribution in [0.25, 0.3) is 17.2 Å². The normalized spacial score (nSPS) is 22.9. The SMILES string of the molecule is Cc1cc(/C=C/C#N)cc(C)c1Oc1nc(NC23CC(C#N)(C2)C3)nc2nc(C(C)(F)F)n(C)c12. The molecule has 3 aromatic rings. The molecule has 0 unspecified atom stereocenters. The molecular formula is C25H23F2N7O. The van der Waals surface area contributed by atoms with Gasteiger partial charge in [-0.2, -0.15) is 29.3 Å². The van der Waals surface area contributed by atoms with Crippen molar-refractivity contribution in [1.29, 1.82) is 10.5 Å². The predicted molar refractivity (Wildman–Crippen MR) is 125 cm³/mol. The molecule has 0 aliphatic heterocycles. The summed E-state index contributed by atoms with van der Waals surface area (Å²) in [7, 11) is 1.48. The molecule has 2 aromatic heterocycles. The van der Waals surface area contributed by atoms with E-state index in [1.807, 2.05) is 32.0 Å². The highest BCUT2D eigenvalue weighted by atomic mass is 19.3. The lowest BCUT2D eigenvalue weighted by molar-refractivity contribution is -0.0665. The van der Waals surface area contributed by atoms with Gasteiger partial charge in [-0.15, -0.1) is 0 Å². The zero-order chi connectivity index (χ0) is 25.2. The Morgan fingerprint density at radius 1 is 1.14 bits per heavy atom. The van der Waals surface area contributed by atoms with Crippen molar-refractivity contribution in [2.75, 3.05) is 5.32 Å². The Labute approximate surface area is 200 Å². The zero-order valence-corrected chi connectivity index (χ0v) is 19.8. The van der Waals surface area contributed by atoms with E-state index in [4.69, 9.17) is 10.00 Å². The maximum atomic E-state index is 14.3. The Morgan fingerprint density at radius 2 is 1.80 bits per heavy atom. The minimum atomic E-state index is -3.19. The number of imidazole rings is 1. The van der Waals surface area contributed by atoms with Crippen LogP contribution in [0.3, 0.4) is 0 Å². The number of nitriles is 2. The van der Waals surface area contributed by atoms with E-state index >= 15 is 0 Å². The third-order valence-corrected chi connectivity index (χ3v) is 6.77. The molecule has 3 aliphatic carbocycles. The number of ether oxygens (including phenoxy) is 1. The van der Waals surface area contributed by atoms with E-state index in [-0.39, 0.29) is 33.9 Å². The number of nitrogens with zero attached hydrogens (tertiary/aromatic N) is 6. The van der Waals surface area contributed by atoms with E-state index in [9.17, 15) is 14.0 Å². The van der Waals surface area contributed by atoms with E-state index in [0.717, 1.165) is 23.6 Å². The topological polar surface area (TPSA) is 112 Å². The van der Waals surface area contributed by atoms with Gasteiger partial charge in [0.15, 0.2) is 17.0 Å². The molecule has 178 valence electrons. The molecule has 0 amide bonds. The van der Waals surface area contributed by atoms with Crippen molar-refractivity contribution >= 4 is 23.2 Å². The first-order valence-corrected chi connectivity index (χ1v) is 11.2. The fourth-order valence-electron chi connectivity index (χ4n) is 5.34. The predicted octanol–water partition coefficient (Wildman–Crippen LogP) is 5.28. The highest BCUT2D eigenvalue weighted by molar-refractivity contribution is 5.79. The summed E-state index contributed by atoms with van der Waals surface area (Å²) in [4.78, 5) is 13.1. The number of fused-ring (bicyclic) bond motifs is 1. The lowest BCUT2D eigenvalue weighted by Crippen LogP contribution is -2.70. The molecule has 10 heteroatoms. The van der Waals surface area contributed by atoms with Gasteiger partial charge in [-0.05, 0) is 68.0 Å². The van der Waals surface area contributed by atoms with Crippen LogP contribution in [0.15, 0.2) is 18.2 Å². The Hall–Kier alpha value is -4.05. The van der Waals surface area contributed by atoms with Crippen LogP contribution in [-0.2, 0) is 13.0 Å². The summed E-state index contributed by atoms with van der Waals surface area (Å²) in [6.07, 6.45) is 5.19. The Balaban J connectivity index is 1.58. The van der Waals surface area contributed by atoms with Gasteiger partial charge < -0.3 is 14.6 Å². The fourth-order valence-corrected chi connectivity index (χ4v) is 5.34. The van der Waals surface area contributed by atoms with Crippen LogP contribution in [0.2, 0.25) is 0 Å². The third-order valence-electron chi connectivity index (χ3n) is 6.77. The molecule has 1 aromatic carbocycles. The number of benzene rings is 1. The molecule has 1 N–H and O–H groups in total. The maximum Gasteiger partial charge on any atom is 0.302 e. The summed E-state index contributed by atoms with van der Waals surface area (Å²) >= 11 is 0. The van der Waals surface area contributed by atoms with Crippen molar-refractivity contribution in [3.8, 4) is 23.8 Å². The van der Waals surface area contributed by atoms with Crippen molar-refractivity contribution in [1.82, 2.24) is 19.5 Å².